The minimum absolute atomic E-state index is 0.0328. The summed E-state index contributed by atoms with van der Waals surface area (Å²) in [6.07, 6.45) is 1.46. The van der Waals surface area contributed by atoms with Crippen LogP contribution in [0.2, 0.25) is 0 Å². The second kappa shape index (κ2) is 6.82. The number of urea groups is 1. The van der Waals surface area contributed by atoms with E-state index >= 15 is 0 Å². The van der Waals surface area contributed by atoms with Crippen molar-refractivity contribution in [3.63, 3.8) is 0 Å². The van der Waals surface area contributed by atoms with Crippen LogP contribution in [0.3, 0.4) is 0 Å². The van der Waals surface area contributed by atoms with E-state index in [1.54, 1.807) is 18.2 Å². The lowest BCUT2D eigenvalue weighted by Gasteiger charge is -2.09. The van der Waals surface area contributed by atoms with Gasteiger partial charge < -0.3 is 19.5 Å². The fraction of sp³-hybridized carbons (Fsp3) is 0.267. The third-order valence-electron chi connectivity index (χ3n) is 3.21. The molecule has 1 aromatic carbocycles. The van der Waals surface area contributed by atoms with Gasteiger partial charge in [0.25, 0.3) is 5.91 Å². The Balaban J connectivity index is 2.32. The van der Waals surface area contributed by atoms with Crippen molar-refractivity contribution in [1.82, 2.24) is 10.2 Å². The van der Waals surface area contributed by atoms with Crippen molar-refractivity contribution in [2.45, 2.75) is 0 Å². The first-order valence-electron chi connectivity index (χ1n) is 6.63. The molecule has 1 heterocycles. The summed E-state index contributed by atoms with van der Waals surface area (Å²) >= 11 is 0. The van der Waals surface area contributed by atoms with Gasteiger partial charge in [-0.05, 0) is 24.3 Å². The van der Waals surface area contributed by atoms with E-state index in [1.165, 1.54) is 27.4 Å². The van der Waals surface area contributed by atoms with Crippen LogP contribution in [0.4, 0.5) is 4.79 Å². The lowest BCUT2D eigenvalue weighted by atomic mass is 10.1. The number of benzene rings is 1. The van der Waals surface area contributed by atoms with E-state index in [1.807, 2.05) is 0 Å². The molecular weight excluding hydrogens is 304 g/mol. The van der Waals surface area contributed by atoms with Gasteiger partial charge in [0.1, 0.15) is 23.7 Å². The lowest BCUT2D eigenvalue weighted by Crippen LogP contribution is -2.36. The second-order valence-corrected chi connectivity index (χ2v) is 4.56. The molecule has 0 unspecified atom stereocenters. The minimum Gasteiger partial charge on any atom is -0.497 e. The standard InChI is InChI=1S/C15H16N2O6/c1-21-10-4-5-12(22-2)9(6-10)7-11-14(19)17(15(20)16-11)8-13(18)23-3/h4-7H,8H2,1-3H3,(H,16,20)/b11-7+. The van der Waals surface area contributed by atoms with Gasteiger partial charge in [0, 0.05) is 5.56 Å². The van der Waals surface area contributed by atoms with Gasteiger partial charge in [-0.25, -0.2) is 9.69 Å². The molecule has 0 saturated carbocycles. The van der Waals surface area contributed by atoms with Crippen LogP contribution in [0.1, 0.15) is 5.56 Å². The number of hydrogen-bond donors (Lipinski definition) is 1. The Morgan fingerprint density at radius 3 is 2.57 bits per heavy atom. The Kier molecular flexibility index (Phi) is 4.85. The molecular formula is C15H16N2O6. The van der Waals surface area contributed by atoms with E-state index in [9.17, 15) is 14.4 Å². The topological polar surface area (TPSA) is 94.2 Å². The van der Waals surface area contributed by atoms with Crippen LogP contribution >= 0.6 is 0 Å². The second-order valence-electron chi connectivity index (χ2n) is 4.56. The van der Waals surface area contributed by atoms with Gasteiger partial charge in [-0.15, -0.1) is 0 Å². The molecule has 0 atom stereocenters. The molecule has 1 fully saturated rings. The van der Waals surface area contributed by atoms with E-state index < -0.39 is 24.5 Å². The van der Waals surface area contributed by atoms with Crippen LogP contribution in [0.25, 0.3) is 6.08 Å². The SMILES string of the molecule is COC(=O)CN1C(=O)N/C(=C/c2cc(OC)ccc2OC)C1=O. The number of carbonyl (C=O) groups is 3. The first-order valence-corrected chi connectivity index (χ1v) is 6.63. The molecule has 0 aliphatic carbocycles. The maximum Gasteiger partial charge on any atom is 0.329 e. The molecule has 23 heavy (non-hydrogen) atoms. The van der Waals surface area contributed by atoms with Crippen molar-refractivity contribution >= 4 is 24.0 Å². The summed E-state index contributed by atoms with van der Waals surface area (Å²) in [6, 6.07) is 4.36. The van der Waals surface area contributed by atoms with E-state index in [-0.39, 0.29) is 5.70 Å². The summed E-state index contributed by atoms with van der Waals surface area (Å²) in [5.74, 6) is -0.230. The Bertz CT molecular complexity index is 683. The predicted octanol–water partition coefficient (Wildman–Crippen LogP) is 0.769. The molecule has 1 aliphatic heterocycles. The molecule has 1 N–H and O–H groups in total. The van der Waals surface area contributed by atoms with E-state index in [4.69, 9.17) is 9.47 Å². The number of carbonyl (C=O) groups excluding carboxylic acids is 3. The van der Waals surface area contributed by atoms with Crippen LogP contribution in [-0.2, 0) is 14.3 Å². The van der Waals surface area contributed by atoms with E-state index in [2.05, 4.69) is 10.1 Å². The van der Waals surface area contributed by atoms with Gasteiger partial charge in [0.15, 0.2) is 0 Å². The number of methoxy groups -OCH3 is 3. The Hall–Kier alpha value is -3.03. The quantitative estimate of drug-likeness (QED) is 0.489. The maximum atomic E-state index is 12.2. The molecule has 3 amide bonds. The summed E-state index contributed by atoms with van der Waals surface area (Å²) in [4.78, 5) is 36.0. The number of rotatable bonds is 5. The Morgan fingerprint density at radius 1 is 1.22 bits per heavy atom. The zero-order chi connectivity index (χ0) is 17.0. The zero-order valence-electron chi connectivity index (χ0n) is 12.9. The monoisotopic (exact) mass is 320 g/mol. The molecule has 1 saturated heterocycles. The predicted molar refractivity (Wildman–Crippen MR) is 79.8 cm³/mol. The molecule has 0 radical (unpaired) electrons. The Labute approximate surface area is 132 Å². The summed E-state index contributed by atoms with van der Waals surface area (Å²) in [5, 5.41) is 2.41. The van der Waals surface area contributed by atoms with Gasteiger partial charge in [0.05, 0.1) is 21.3 Å². The number of ether oxygens (including phenoxy) is 3. The highest BCUT2D eigenvalue weighted by atomic mass is 16.5. The van der Waals surface area contributed by atoms with Crippen LogP contribution < -0.4 is 14.8 Å². The number of amides is 3. The summed E-state index contributed by atoms with van der Waals surface area (Å²) in [6.45, 7) is -0.451. The average molecular weight is 320 g/mol. The van der Waals surface area contributed by atoms with Gasteiger partial charge in [-0.1, -0.05) is 0 Å². The van der Waals surface area contributed by atoms with Crippen molar-refractivity contribution in [2.75, 3.05) is 27.9 Å². The van der Waals surface area contributed by atoms with Crippen molar-refractivity contribution in [3.8, 4) is 11.5 Å². The number of imide groups is 1. The molecule has 0 aromatic heterocycles. The molecule has 8 nitrogen and oxygen atoms in total. The molecule has 1 aliphatic rings. The normalized spacial score (nSPS) is 15.6. The highest BCUT2D eigenvalue weighted by Gasteiger charge is 2.35. The van der Waals surface area contributed by atoms with Gasteiger partial charge in [0.2, 0.25) is 0 Å². The highest BCUT2D eigenvalue weighted by Crippen LogP contribution is 2.27. The molecule has 0 spiro atoms. The first kappa shape index (κ1) is 16.3. The van der Waals surface area contributed by atoms with Crippen LogP contribution in [0.5, 0.6) is 11.5 Å². The number of hydrogen-bond acceptors (Lipinski definition) is 6. The third-order valence-corrected chi connectivity index (χ3v) is 3.21. The van der Waals surface area contributed by atoms with Crippen LogP contribution in [0.15, 0.2) is 23.9 Å². The van der Waals surface area contributed by atoms with E-state index in [0.29, 0.717) is 17.1 Å². The highest BCUT2D eigenvalue weighted by molar-refractivity contribution is 6.15. The summed E-state index contributed by atoms with van der Waals surface area (Å²) in [5.41, 5.74) is 0.584. The summed E-state index contributed by atoms with van der Waals surface area (Å²) in [7, 11) is 4.18. The molecule has 122 valence electrons. The van der Waals surface area contributed by atoms with Gasteiger partial charge in [-0.3, -0.25) is 9.59 Å². The Morgan fingerprint density at radius 2 is 1.96 bits per heavy atom. The number of nitrogens with zero attached hydrogens (tertiary/aromatic N) is 1. The summed E-state index contributed by atoms with van der Waals surface area (Å²) < 4.78 is 14.8. The number of esters is 1. The number of nitrogens with one attached hydrogen (secondary N) is 1. The largest absolute Gasteiger partial charge is 0.497 e. The fourth-order valence-electron chi connectivity index (χ4n) is 2.02. The van der Waals surface area contributed by atoms with Crippen molar-refractivity contribution in [2.24, 2.45) is 0 Å². The van der Waals surface area contributed by atoms with Crippen LogP contribution in [-0.4, -0.2) is 50.7 Å². The van der Waals surface area contributed by atoms with E-state index in [0.717, 1.165) is 4.90 Å². The zero-order valence-corrected chi connectivity index (χ0v) is 12.9. The molecule has 8 heteroatoms. The van der Waals surface area contributed by atoms with Gasteiger partial charge in [-0.2, -0.15) is 0 Å². The van der Waals surface area contributed by atoms with Gasteiger partial charge >= 0.3 is 12.0 Å². The average Bonchev–Trinajstić information content (AvgIpc) is 2.82. The lowest BCUT2D eigenvalue weighted by molar-refractivity contribution is -0.143. The maximum absolute atomic E-state index is 12.2. The molecule has 2 rings (SSSR count). The van der Waals surface area contributed by atoms with Crippen molar-refractivity contribution in [3.05, 3.63) is 29.5 Å². The minimum atomic E-state index is -0.687. The third kappa shape index (κ3) is 3.42. The van der Waals surface area contributed by atoms with Crippen molar-refractivity contribution in [1.29, 1.82) is 0 Å². The fourth-order valence-corrected chi connectivity index (χ4v) is 2.02. The smallest absolute Gasteiger partial charge is 0.329 e. The van der Waals surface area contributed by atoms with Crippen molar-refractivity contribution < 1.29 is 28.6 Å². The molecule has 0 bridgehead atoms. The first-order chi connectivity index (χ1) is 11.0. The molecule has 1 aromatic rings. The van der Waals surface area contributed by atoms with Crippen LogP contribution in [0, 0.1) is 0 Å².